The van der Waals surface area contributed by atoms with Gasteiger partial charge in [0.1, 0.15) is 18.7 Å². The lowest BCUT2D eigenvalue weighted by atomic mass is 10.1. The van der Waals surface area contributed by atoms with Gasteiger partial charge in [0, 0.05) is 6.54 Å². The number of nitrogens with one attached hydrogen (secondary N) is 2. The van der Waals surface area contributed by atoms with Gasteiger partial charge in [-0.1, -0.05) is 36.4 Å². The quantitative estimate of drug-likeness (QED) is 0.650. The van der Waals surface area contributed by atoms with E-state index in [1.54, 1.807) is 33.1 Å². The molecule has 0 spiro atoms. The van der Waals surface area contributed by atoms with Gasteiger partial charge in [-0.3, -0.25) is 14.5 Å². The summed E-state index contributed by atoms with van der Waals surface area (Å²) in [6.45, 7) is 3.50. The van der Waals surface area contributed by atoms with E-state index < -0.39 is 23.4 Å². The predicted octanol–water partition coefficient (Wildman–Crippen LogP) is 2.22. The van der Waals surface area contributed by atoms with E-state index in [4.69, 9.17) is 9.47 Å². The van der Waals surface area contributed by atoms with E-state index in [9.17, 15) is 14.4 Å². The first-order chi connectivity index (χ1) is 14.3. The molecule has 1 aliphatic heterocycles. The molecule has 0 unspecified atom stereocenters. The average Bonchev–Trinajstić information content (AvgIpc) is 2.93. The van der Waals surface area contributed by atoms with Crippen LogP contribution in [0.3, 0.4) is 0 Å². The van der Waals surface area contributed by atoms with E-state index in [2.05, 4.69) is 10.6 Å². The first-order valence-corrected chi connectivity index (χ1v) is 9.54. The molecule has 0 aromatic heterocycles. The number of carbonyl (C=O) groups excluding carboxylic acids is 3. The van der Waals surface area contributed by atoms with Crippen molar-refractivity contribution in [3.63, 3.8) is 0 Å². The number of methoxy groups -OCH3 is 1. The van der Waals surface area contributed by atoms with Crippen molar-refractivity contribution in [2.45, 2.75) is 32.5 Å². The van der Waals surface area contributed by atoms with Gasteiger partial charge in [-0.05, 0) is 37.1 Å². The number of amides is 4. The topological polar surface area (TPSA) is 97.0 Å². The number of urea groups is 1. The second-order valence-electron chi connectivity index (χ2n) is 7.48. The van der Waals surface area contributed by atoms with E-state index >= 15 is 0 Å². The van der Waals surface area contributed by atoms with E-state index in [1.165, 1.54) is 0 Å². The molecule has 4 amide bonds. The monoisotopic (exact) mass is 411 g/mol. The highest BCUT2D eigenvalue weighted by atomic mass is 16.5. The molecule has 1 fully saturated rings. The van der Waals surface area contributed by atoms with Gasteiger partial charge in [-0.15, -0.1) is 0 Å². The molecule has 8 nitrogen and oxygen atoms in total. The Kier molecular flexibility index (Phi) is 6.25. The van der Waals surface area contributed by atoms with Crippen LogP contribution < -0.4 is 20.1 Å². The van der Waals surface area contributed by atoms with Gasteiger partial charge in [0.15, 0.2) is 11.5 Å². The second kappa shape index (κ2) is 8.86. The fourth-order valence-electron chi connectivity index (χ4n) is 3.04. The number of hydrogen-bond donors (Lipinski definition) is 2. The molecule has 158 valence electrons. The third-order valence-corrected chi connectivity index (χ3v) is 4.70. The Bertz CT molecular complexity index is 943. The second-order valence-corrected chi connectivity index (χ2v) is 7.48. The van der Waals surface area contributed by atoms with Crippen LogP contribution in [0.2, 0.25) is 0 Å². The molecular formula is C22H25N3O5. The van der Waals surface area contributed by atoms with Crippen molar-refractivity contribution >= 4 is 17.8 Å². The van der Waals surface area contributed by atoms with Crippen molar-refractivity contribution < 1.29 is 23.9 Å². The maximum Gasteiger partial charge on any atom is 0.325 e. The van der Waals surface area contributed by atoms with Crippen molar-refractivity contribution in [1.29, 1.82) is 0 Å². The van der Waals surface area contributed by atoms with Crippen molar-refractivity contribution in [3.05, 3.63) is 59.7 Å². The molecular weight excluding hydrogens is 386 g/mol. The van der Waals surface area contributed by atoms with Gasteiger partial charge in [0.2, 0.25) is 5.91 Å². The van der Waals surface area contributed by atoms with Crippen LogP contribution in [0.15, 0.2) is 48.5 Å². The summed E-state index contributed by atoms with van der Waals surface area (Å²) in [5, 5.41) is 5.26. The van der Waals surface area contributed by atoms with Crippen LogP contribution in [0.4, 0.5) is 4.79 Å². The minimum absolute atomic E-state index is 0.223. The third-order valence-electron chi connectivity index (χ3n) is 4.70. The molecule has 8 heteroatoms. The number of hydrogen-bond acceptors (Lipinski definition) is 5. The summed E-state index contributed by atoms with van der Waals surface area (Å²) in [7, 11) is 1.55. The Labute approximate surface area is 175 Å². The number of nitrogens with zero attached hydrogens (tertiary/aromatic N) is 1. The van der Waals surface area contributed by atoms with Crippen molar-refractivity contribution in [2.75, 3.05) is 13.7 Å². The molecule has 0 saturated carbocycles. The summed E-state index contributed by atoms with van der Waals surface area (Å²) in [6, 6.07) is 14.6. The highest BCUT2D eigenvalue weighted by molar-refractivity contribution is 6.08. The zero-order valence-corrected chi connectivity index (χ0v) is 17.2. The van der Waals surface area contributed by atoms with Crippen LogP contribution in [0, 0.1) is 0 Å². The van der Waals surface area contributed by atoms with E-state index in [0.717, 1.165) is 16.0 Å². The number of imide groups is 1. The van der Waals surface area contributed by atoms with Crippen LogP contribution in [0.5, 0.6) is 11.5 Å². The fourth-order valence-corrected chi connectivity index (χ4v) is 3.04. The molecule has 1 heterocycles. The van der Waals surface area contributed by atoms with E-state index in [1.807, 2.05) is 36.4 Å². The Morgan fingerprint density at radius 2 is 1.80 bits per heavy atom. The van der Waals surface area contributed by atoms with E-state index in [0.29, 0.717) is 18.1 Å². The zero-order chi connectivity index (χ0) is 21.7. The summed E-state index contributed by atoms with van der Waals surface area (Å²) < 4.78 is 11.2. The van der Waals surface area contributed by atoms with Crippen LogP contribution >= 0.6 is 0 Å². The molecule has 30 heavy (non-hydrogen) atoms. The lowest BCUT2D eigenvalue weighted by Gasteiger charge is -2.16. The molecule has 2 N–H and O–H groups in total. The summed E-state index contributed by atoms with van der Waals surface area (Å²) in [6.07, 6.45) is 0. The Morgan fingerprint density at radius 3 is 2.43 bits per heavy atom. The molecule has 2 aromatic carbocycles. The molecule has 1 saturated heterocycles. The SMILES string of the molecule is COc1cc(CNC(=O)CN2C(=O)NC(C)(C)C2=O)ccc1OCc1ccccc1. The van der Waals surface area contributed by atoms with Gasteiger partial charge in [-0.25, -0.2) is 4.79 Å². The smallest absolute Gasteiger partial charge is 0.325 e. The summed E-state index contributed by atoms with van der Waals surface area (Å²) in [4.78, 5) is 37.2. The Morgan fingerprint density at radius 1 is 1.07 bits per heavy atom. The van der Waals surface area contributed by atoms with Crippen LogP contribution in [-0.4, -0.2) is 41.9 Å². The standard InChI is InChI=1S/C22H25N3O5/c1-22(2)20(27)25(21(28)24-22)13-19(26)23-12-16-9-10-17(18(11-16)29-3)30-14-15-7-5-4-6-8-15/h4-11H,12-14H2,1-3H3,(H,23,26)(H,24,28). The largest absolute Gasteiger partial charge is 0.493 e. The molecule has 0 atom stereocenters. The summed E-state index contributed by atoms with van der Waals surface area (Å²) in [5.41, 5.74) is 0.838. The third kappa shape index (κ3) is 4.89. The summed E-state index contributed by atoms with van der Waals surface area (Å²) in [5.74, 6) is 0.287. The van der Waals surface area contributed by atoms with Crippen molar-refractivity contribution in [2.24, 2.45) is 0 Å². The number of carbonyl (C=O) groups is 3. The summed E-state index contributed by atoms with van der Waals surface area (Å²) >= 11 is 0. The van der Waals surface area contributed by atoms with Gasteiger partial charge < -0.3 is 20.1 Å². The Hall–Kier alpha value is -3.55. The highest BCUT2D eigenvalue weighted by Gasteiger charge is 2.44. The lowest BCUT2D eigenvalue weighted by Crippen LogP contribution is -2.43. The lowest BCUT2D eigenvalue weighted by molar-refractivity contribution is -0.134. The predicted molar refractivity (Wildman–Crippen MR) is 110 cm³/mol. The number of rotatable bonds is 8. The normalized spacial score (nSPS) is 15.0. The first-order valence-electron chi connectivity index (χ1n) is 9.54. The molecule has 0 aliphatic carbocycles. The van der Waals surface area contributed by atoms with E-state index in [-0.39, 0.29) is 13.1 Å². The molecule has 0 bridgehead atoms. The zero-order valence-electron chi connectivity index (χ0n) is 17.2. The fraction of sp³-hybridized carbons (Fsp3) is 0.318. The highest BCUT2D eigenvalue weighted by Crippen LogP contribution is 2.29. The van der Waals surface area contributed by atoms with Crippen molar-refractivity contribution in [1.82, 2.24) is 15.5 Å². The molecule has 2 aromatic rings. The molecule has 0 radical (unpaired) electrons. The number of ether oxygens (including phenoxy) is 2. The van der Waals surface area contributed by atoms with Gasteiger partial charge in [0.25, 0.3) is 5.91 Å². The maximum absolute atomic E-state index is 12.2. The van der Waals surface area contributed by atoms with Gasteiger partial charge in [0.05, 0.1) is 7.11 Å². The van der Waals surface area contributed by atoms with Crippen LogP contribution in [-0.2, 0) is 22.7 Å². The van der Waals surface area contributed by atoms with Crippen LogP contribution in [0.25, 0.3) is 0 Å². The average molecular weight is 411 g/mol. The Balaban J connectivity index is 1.56. The van der Waals surface area contributed by atoms with Crippen LogP contribution in [0.1, 0.15) is 25.0 Å². The van der Waals surface area contributed by atoms with Gasteiger partial charge >= 0.3 is 6.03 Å². The van der Waals surface area contributed by atoms with Gasteiger partial charge in [-0.2, -0.15) is 0 Å². The van der Waals surface area contributed by atoms with Crippen molar-refractivity contribution in [3.8, 4) is 11.5 Å². The molecule has 1 aliphatic rings. The first kappa shape index (κ1) is 21.2. The molecule has 3 rings (SSSR count). The minimum Gasteiger partial charge on any atom is -0.493 e. The number of benzene rings is 2. The maximum atomic E-state index is 12.2. The minimum atomic E-state index is -1.000.